The number of aromatic nitrogens is 1. The quantitative estimate of drug-likeness (QED) is 0.867. The van der Waals surface area contributed by atoms with Crippen LogP contribution in [0.25, 0.3) is 0 Å². The summed E-state index contributed by atoms with van der Waals surface area (Å²) in [5.41, 5.74) is 1.66. The van der Waals surface area contributed by atoms with Gasteiger partial charge in [0.2, 0.25) is 5.91 Å². The Morgan fingerprint density at radius 3 is 2.79 bits per heavy atom. The number of nitrogens with zero attached hydrogens (tertiary/aromatic N) is 2. The Labute approximate surface area is 141 Å². The van der Waals surface area contributed by atoms with Gasteiger partial charge in [-0.3, -0.25) is 9.78 Å². The SMILES string of the molecule is CC1CN(C(=O)C(Cc2ccccn2)c2ccc(F)cc2)CCO1. The Hall–Kier alpha value is -2.27. The van der Waals surface area contributed by atoms with Crippen molar-refractivity contribution in [2.75, 3.05) is 19.7 Å². The summed E-state index contributed by atoms with van der Waals surface area (Å²) in [4.78, 5) is 19.3. The van der Waals surface area contributed by atoms with Gasteiger partial charge in [-0.15, -0.1) is 0 Å². The highest BCUT2D eigenvalue weighted by atomic mass is 19.1. The highest BCUT2D eigenvalue weighted by Gasteiger charge is 2.29. The number of hydrogen-bond donors (Lipinski definition) is 0. The van der Waals surface area contributed by atoms with Crippen molar-refractivity contribution >= 4 is 5.91 Å². The molecule has 1 aromatic carbocycles. The van der Waals surface area contributed by atoms with Crippen LogP contribution in [0.4, 0.5) is 4.39 Å². The first-order chi connectivity index (χ1) is 11.6. The topological polar surface area (TPSA) is 42.4 Å². The number of hydrogen-bond acceptors (Lipinski definition) is 3. The van der Waals surface area contributed by atoms with Crippen molar-refractivity contribution in [3.8, 4) is 0 Å². The van der Waals surface area contributed by atoms with Crippen molar-refractivity contribution in [3.63, 3.8) is 0 Å². The molecular weight excluding hydrogens is 307 g/mol. The number of carbonyl (C=O) groups excluding carboxylic acids is 1. The summed E-state index contributed by atoms with van der Waals surface area (Å²) in [7, 11) is 0. The Balaban J connectivity index is 1.86. The second-order valence-electron chi connectivity index (χ2n) is 6.09. The molecule has 2 atom stereocenters. The summed E-state index contributed by atoms with van der Waals surface area (Å²) in [6.45, 7) is 3.68. The molecule has 1 aliphatic heterocycles. The largest absolute Gasteiger partial charge is 0.375 e. The number of benzene rings is 1. The van der Waals surface area contributed by atoms with E-state index >= 15 is 0 Å². The molecule has 24 heavy (non-hydrogen) atoms. The second-order valence-corrected chi connectivity index (χ2v) is 6.09. The number of halogens is 1. The average molecular weight is 328 g/mol. The van der Waals surface area contributed by atoms with E-state index in [0.29, 0.717) is 26.1 Å². The third-order valence-electron chi connectivity index (χ3n) is 4.26. The van der Waals surface area contributed by atoms with E-state index in [0.717, 1.165) is 11.3 Å². The van der Waals surface area contributed by atoms with Crippen LogP contribution in [0.5, 0.6) is 0 Å². The summed E-state index contributed by atoms with van der Waals surface area (Å²) in [6, 6.07) is 11.8. The molecule has 0 N–H and O–H groups in total. The van der Waals surface area contributed by atoms with Crippen LogP contribution in [-0.2, 0) is 16.0 Å². The molecule has 0 bridgehead atoms. The monoisotopic (exact) mass is 328 g/mol. The van der Waals surface area contributed by atoms with Gasteiger partial charge in [0.05, 0.1) is 18.6 Å². The first-order valence-corrected chi connectivity index (χ1v) is 8.19. The van der Waals surface area contributed by atoms with Crippen LogP contribution in [-0.4, -0.2) is 41.6 Å². The van der Waals surface area contributed by atoms with Crippen molar-refractivity contribution in [2.45, 2.75) is 25.4 Å². The number of ether oxygens (including phenoxy) is 1. The van der Waals surface area contributed by atoms with Gasteiger partial charge in [0.1, 0.15) is 5.82 Å². The zero-order valence-corrected chi connectivity index (χ0v) is 13.7. The molecule has 1 aromatic heterocycles. The van der Waals surface area contributed by atoms with Gasteiger partial charge >= 0.3 is 0 Å². The number of morpholine rings is 1. The molecule has 1 fully saturated rings. The first kappa shape index (κ1) is 16.6. The molecule has 0 radical (unpaired) electrons. The number of carbonyl (C=O) groups is 1. The highest BCUT2D eigenvalue weighted by molar-refractivity contribution is 5.84. The molecule has 2 aromatic rings. The molecule has 3 rings (SSSR count). The van der Waals surface area contributed by atoms with Crippen LogP contribution in [0.15, 0.2) is 48.7 Å². The molecule has 2 unspecified atom stereocenters. The van der Waals surface area contributed by atoms with E-state index in [2.05, 4.69) is 4.98 Å². The molecule has 1 saturated heterocycles. The number of amides is 1. The molecular formula is C19H21FN2O2. The van der Waals surface area contributed by atoms with E-state index in [1.165, 1.54) is 12.1 Å². The van der Waals surface area contributed by atoms with Crippen molar-refractivity contribution in [1.82, 2.24) is 9.88 Å². The van der Waals surface area contributed by atoms with Crippen molar-refractivity contribution in [1.29, 1.82) is 0 Å². The lowest BCUT2D eigenvalue weighted by atomic mass is 9.92. The van der Waals surface area contributed by atoms with Crippen molar-refractivity contribution in [2.24, 2.45) is 0 Å². The normalized spacial score (nSPS) is 19.1. The molecule has 126 valence electrons. The van der Waals surface area contributed by atoms with Gasteiger partial charge in [-0.1, -0.05) is 18.2 Å². The van der Waals surface area contributed by atoms with E-state index in [-0.39, 0.29) is 23.7 Å². The van der Waals surface area contributed by atoms with Crippen LogP contribution < -0.4 is 0 Å². The number of pyridine rings is 1. The zero-order chi connectivity index (χ0) is 16.9. The molecule has 0 aliphatic carbocycles. The summed E-state index contributed by atoms with van der Waals surface area (Å²) in [5, 5.41) is 0. The second kappa shape index (κ2) is 7.53. The Morgan fingerprint density at radius 1 is 1.33 bits per heavy atom. The van der Waals surface area contributed by atoms with E-state index in [1.54, 1.807) is 18.3 Å². The third kappa shape index (κ3) is 3.97. The molecule has 2 heterocycles. The van der Waals surface area contributed by atoms with Gasteiger partial charge in [-0.2, -0.15) is 0 Å². The van der Waals surface area contributed by atoms with E-state index < -0.39 is 0 Å². The summed E-state index contributed by atoms with van der Waals surface area (Å²) >= 11 is 0. The fraction of sp³-hybridized carbons (Fsp3) is 0.368. The van der Waals surface area contributed by atoms with Gasteiger partial charge in [-0.05, 0) is 36.8 Å². The predicted octanol–water partition coefficient (Wildman–Crippen LogP) is 2.79. The first-order valence-electron chi connectivity index (χ1n) is 8.19. The smallest absolute Gasteiger partial charge is 0.230 e. The Kier molecular flexibility index (Phi) is 5.20. The van der Waals surface area contributed by atoms with E-state index in [1.807, 2.05) is 30.0 Å². The lowest BCUT2D eigenvalue weighted by Crippen LogP contribution is -2.46. The highest BCUT2D eigenvalue weighted by Crippen LogP contribution is 2.24. The zero-order valence-electron chi connectivity index (χ0n) is 13.7. The summed E-state index contributed by atoms with van der Waals surface area (Å²) in [6.07, 6.45) is 2.25. The van der Waals surface area contributed by atoms with Gasteiger partial charge in [0, 0.05) is 31.4 Å². The standard InChI is InChI=1S/C19H21FN2O2/c1-14-13-22(10-11-24-14)19(23)18(12-17-4-2-3-9-21-17)15-5-7-16(20)8-6-15/h2-9,14,18H,10-13H2,1H3. The fourth-order valence-corrected chi connectivity index (χ4v) is 3.01. The van der Waals surface area contributed by atoms with Gasteiger partial charge in [-0.25, -0.2) is 4.39 Å². The van der Waals surface area contributed by atoms with Crippen molar-refractivity contribution < 1.29 is 13.9 Å². The fourth-order valence-electron chi connectivity index (χ4n) is 3.01. The minimum atomic E-state index is -0.370. The van der Waals surface area contributed by atoms with Gasteiger partial charge in [0.25, 0.3) is 0 Å². The molecule has 1 amide bonds. The van der Waals surface area contributed by atoms with Crippen LogP contribution in [0.2, 0.25) is 0 Å². The molecule has 4 nitrogen and oxygen atoms in total. The average Bonchev–Trinajstić information content (AvgIpc) is 2.61. The number of rotatable bonds is 4. The Morgan fingerprint density at radius 2 is 2.12 bits per heavy atom. The van der Waals surface area contributed by atoms with Crippen LogP contribution >= 0.6 is 0 Å². The molecule has 5 heteroatoms. The minimum absolute atomic E-state index is 0.0337. The van der Waals surface area contributed by atoms with E-state index in [9.17, 15) is 9.18 Å². The Bertz CT molecular complexity index is 676. The molecule has 0 saturated carbocycles. The van der Waals surface area contributed by atoms with E-state index in [4.69, 9.17) is 4.74 Å². The van der Waals surface area contributed by atoms with Gasteiger partial charge < -0.3 is 9.64 Å². The molecule has 0 spiro atoms. The molecule has 1 aliphatic rings. The maximum atomic E-state index is 13.3. The third-order valence-corrected chi connectivity index (χ3v) is 4.26. The van der Waals surface area contributed by atoms with Crippen LogP contribution in [0.1, 0.15) is 24.1 Å². The van der Waals surface area contributed by atoms with Crippen LogP contribution in [0, 0.1) is 5.82 Å². The predicted molar refractivity (Wildman–Crippen MR) is 89.1 cm³/mol. The van der Waals surface area contributed by atoms with Crippen LogP contribution in [0.3, 0.4) is 0 Å². The van der Waals surface area contributed by atoms with Crippen molar-refractivity contribution in [3.05, 3.63) is 65.7 Å². The maximum absolute atomic E-state index is 13.3. The lowest BCUT2D eigenvalue weighted by Gasteiger charge is -2.34. The van der Waals surface area contributed by atoms with Gasteiger partial charge in [0.15, 0.2) is 0 Å². The summed E-state index contributed by atoms with van der Waals surface area (Å²) < 4.78 is 18.8. The summed E-state index contributed by atoms with van der Waals surface area (Å²) in [5.74, 6) is -0.629. The minimum Gasteiger partial charge on any atom is -0.375 e. The maximum Gasteiger partial charge on any atom is 0.230 e. The lowest BCUT2D eigenvalue weighted by molar-refractivity contribution is -0.139.